The summed E-state index contributed by atoms with van der Waals surface area (Å²) in [4.78, 5) is 25.3. The Bertz CT molecular complexity index is 583. The average Bonchev–Trinajstić information content (AvgIpc) is 2.60. The Balaban J connectivity index is 2.76. The van der Waals surface area contributed by atoms with E-state index in [2.05, 4.69) is 0 Å². The second-order valence-electron chi connectivity index (χ2n) is 4.91. The standard InChI is InChI=1S/C18H25NO5/c1-5-19(12-11-18(21)24-6-2)17(20)10-7-14-13-15(22-3)8-9-16(14)23-4/h7-10,13H,5-6,11-12H2,1-4H3/b10-7+. The molecule has 0 spiro atoms. The average molecular weight is 335 g/mol. The zero-order chi connectivity index (χ0) is 17.9. The summed E-state index contributed by atoms with van der Waals surface area (Å²) < 4.78 is 15.3. The van der Waals surface area contributed by atoms with Crippen LogP contribution in [-0.4, -0.2) is 50.7 Å². The van der Waals surface area contributed by atoms with Crippen LogP contribution in [-0.2, 0) is 14.3 Å². The van der Waals surface area contributed by atoms with E-state index in [1.165, 1.54) is 6.08 Å². The number of benzene rings is 1. The first kappa shape index (κ1) is 19.5. The van der Waals surface area contributed by atoms with E-state index in [-0.39, 0.29) is 18.3 Å². The summed E-state index contributed by atoms with van der Waals surface area (Å²) in [5.41, 5.74) is 0.742. The van der Waals surface area contributed by atoms with Crippen LogP contribution >= 0.6 is 0 Å². The molecule has 0 unspecified atom stereocenters. The number of hydrogen-bond acceptors (Lipinski definition) is 5. The number of likely N-dealkylation sites (N-methyl/N-ethyl adjacent to an activating group) is 1. The third-order valence-electron chi connectivity index (χ3n) is 3.43. The Morgan fingerprint density at radius 3 is 2.50 bits per heavy atom. The van der Waals surface area contributed by atoms with Crippen LogP contribution in [0.15, 0.2) is 24.3 Å². The summed E-state index contributed by atoms with van der Waals surface area (Å²) in [6.45, 7) is 4.80. The molecule has 0 aliphatic carbocycles. The van der Waals surface area contributed by atoms with Gasteiger partial charge in [0.2, 0.25) is 5.91 Å². The molecule has 24 heavy (non-hydrogen) atoms. The van der Waals surface area contributed by atoms with Crippen molar-refractivity contribution >= 4 is 18.0 Å². The Kier molecular flexibility index (Phi) is 8.39. The van der Waals surface area contributed by atoms with Crippen LogP contribution in [0.5, 0.6) is 11.5 Å². The molecule has 132 valence electrons. The van der Waals surface area contributed by atoms with Gasteiger partial charge in [-0.3, -0.25) is 9.59 Å². The molecule has 0 fully saturated rings. The fraction of sp³-hybridized carbons (Fsp3) is 0.444. The molecule has 0 N–H and O–H groups in total. The minimum Gasteiger partial charge on any atom is -0.497 e. The monoisotopic (exact) mass is 335 g/mol. The van der Waals surface area contributed by atoms with Gasteiger partial charge in [0.15, 0.2) is 0 Å². The highest BCUT2D eigenvalue weighted by Gasteiger charge is 2.12. The molecule has 0 saturated heterocycles. The summed E-state index contributed by atoms with van der Waals surface area (Å²) in [5, 5.41) is 0. The summed E-state index contributed by atoms with van der Waals surface area (Å²) in [7, 11) is 3.15. The van der Waals surface area contributed by atoms with E-state index in [9.17, 15) is 9.59 Å². The number of esters is 1. The number of nitrogens with zero attached hydrogens (tertiary/aromatic N) is 1. The van der Waals surface area contributed by atoms with E-state index in [1.54, 1.807) is 50.3 Å². The summed E-state index contributed by atoms with van der Waals surface area (Å²) in [5.74, 6) is 0.848. The van der Waals surface area contributed by atoms with E-state index in [1.807, 2.05) is 6.92 Å². The van der Waals surface area contributed by atoms with Crippen LogP contribution in [0.1, 0.15) is 25.8 Å². The number of carbonyl (C=O) groups is 2. The lowest BCUT2D eigenvalue weighted by molar-refractivity contribution is -0.143. The van der Waals surface area contributed by atoms with E-state index in [0.717, 1.165) is 5.56 Å². The molecule has 1 aromatic rings. The Hall–Kier alpha value is -2.50. The zero-order valence-electron chi connectivity index (χ0n) is 14.7. The van der Waals surface area contributed by atoms with Crippen molar-refractivity contribution in [3.63, 3.8) is 0 Å². The maximum Gasteiger partial charge on any atom is 0.307 e. The van der Waals surface area contributed by atoms with Gasteiger partial charge in [0.05, 0.1) is 27.2 Å². The number of ether oxygens (including phenoxy) is 3. The van der Waals surface area contributed by atoms with Gasteiger partial charge < -0.3 is 19.1 Å². The van der Waals surface area contributed by atoms with Gasteiger partial charge in [-0.25, -0.2) is 0 Å². The molecular weight excluding hydrogens is 310 g/mol. The van der Waals surface area contributed by atoms with Crippen LogP contribution in [0.2, 0.25) is 0 Å². The number of rotatable bonds is 9. The molecule has 0 bridgehead atoms. The van der Waals surface area contributed by atoms with Crippen LogP contribution in [0, 0.1) is 0 Å². The van der Waals surface area contributed by atoms with Crippen molar-refractivity contribution in [3.8, 4) is 11.5 Å². The number of amides is 1. The van der Waals surface area contributed by atoms with E-state index < -0.39 is 0 Å². The maximum absolute atomic E-state index is 12.3. The predicted octanol–water partition coefficient (Wildman–Crippen LogP) is 2.52. The molecule has 0 radical (unpaired) electrons. The van der Waals surface area contributed by atoms with Gasteiger partial charge in [0, 0.05) is 24.7 Å². The molecule has 6 nitrogen and oxygen atoms in total. The maximum atomic E-state index is 12.3. The highest BCUT2D eigenvalue weighted by atomic mass is 16.5. The first-order valence-electron chi connectivity index (χ1n) is 7.90. The lowest BCUT2D eigenvalue weighted by Crippen LogP contribution is -2.31. The predicted molar refractivity (Wildman–Crippen MR) is 92.1 cm³/mol. The van der Waals surface area contributed by atoms with E-state index in [0.29, 0.717) is 31.2 Å². The Morgan fingerprint density at radius 2 is 1.92 bits per heavy atom. The summed E-state index contributed by atoms with van der Waals surface area (Å²) >= 11 is 0. The molecule has 0 atom stereocenters. The molecule has 1 amide bonds. The number of hydrogen-bond donors (Lipinski definition) is 0. The first-order chi connectivity index (χ1) is 11.5. The second kappa shape index (κ2) is 10.3. The minimum atomic E-state index is -0.304. The van der Waals surface area contributed by atoms with Gasteiger partial charge in [-0.2, -0.15) is 0 Å². The summed E-state index contributed by atoms with van der Waals surface area (Å²) in [6, 6.07) is 5.36. The molecule has 1 rings (SSSR count). The quantitative estimate of drug-likeness (QED) is 0.512. The molecule has 0 aromatic heterocycles. The molecule has 0 aliphatic heterocycles. The van der Waals surface area contributed by atoms with Gasteiger partial charge in [-0.1, -0.05) is 0 Å². The van der Waals surface area contributed by atoms with Crippen LogP contribution in [0.3, 0.4) is 0 Å². The van der Waals surface area contributed by atoms with Gasteiger partial charge in [-0.05, 0) is 38.1 Å². The smallest absolute Gasteiger partial charge is 0.307 e. The molecule has 1 aromatic carbocycles. The number of carbonyl (C=O) groups excluding carboxylic acids is 2. The largest absolute Gasteiger partial charge is 0.497 e. The van der Waals surface area contributed by atoms with Gasteiger partial charge in [0.1, 0.15) is 11.5 Å². The first-order valence-corrected chi connectivity index (χ1v) is 7.90. The highest BCUT2D eigenvalue weighted by molar-refractivity contribution is 5.92. The van der Waals surface area contributed by atoms with Crippen molar-refractivity contribution in [1.82, 2.24) is 4.90 Å². The SMILES string of the molecule is CCOC(=O)CCN(CC)C(=O)/C=C/c1cc(OC)ccc1OC. The molecule has 0 aliphatic rings. The van der Waals surface area contributed by atoms with Gasteiger partial charge in [0.25, 0.3) is 0 Å². The second-order valence-corrected chi connectivity index (χ2v) is 4.91. The van der Waals surface area contributed by atoms with Crippen LogP contribution < -0.4 is 9.47 Å². The molecular formula is C18H25NO5. The Labute approximate surface area is 143 Å². The van der Waals surface area contributed by atoms with Crippen molar-refractivity contribution in [1.29, 1.82) is 0 Å². The van der Waals surface area contributed by atoms with Gasteiger partial charge >= 0.3 is 5.97 Å². The highest BCUT2D eigenvalue weighted by Crippen LogP contribution is 2.25. The lowest BCUT2D eigenvalue weighted by atomic mass is 10.1. The topological polar surface area (TPSA) is 65.1 Å². The van der Waals surface area contributed by atoms with Crippen molar-refractivity contribution in [3.05, 3.63) is 29.8 Å². The molecule has 0 saturated carbocycles. The fourth-order valence-corrected chi connectivity index (χ4v) is 2.12. The van der Waals surface area contributed by atoms with Gasteiger partial charge in [-0.15, -0.1) is 0 Å². The third kappa shape index (κ3) is 5.95. The third-order valence-corrected chi connectivity index (χ3v) is 3.43. The zero-order valence-corrected chi connectivity index (χ0v) is 14.7. The lowest BCUT2D eigenvalue weighted by Gasteiger charge is -2.18. The minimum absolute atomic E-state index is 0.174. The van der Waals surface area contributed by atoms with E-state index >= 15 is 0 Å². The molecule has 6 heteroatoms. The van der Waals surface area contributed by atoms with E-state index in [4.69, 9.17) is 14.2 Å². The van der Waals surface area contributed by atoms with Crippen molar-refractivity contribution in [2.24, 2.45) is 0 Å². The molecule has 0 heterocycles. The van der Waals surface area contributed by atoms with Crippen LogP contribution in [0.25, 0.3) is 6.08 Å². The normalized spacial score (nSPS) is 10.5. The number of methoxy groups -OCH3 is 2. The van der Waals surface area contributed by atoms with Crippen molar-refractivity contribution in [2.45, 2.75) is 20.3 Å². The Morgan fingerprint density at radius 1 is 1.17 bits per heavy atom. The summed E-state index contributed by atoms with van der Waals surface area (Å²) in [6.07, 6.45) is 3.33. The fourth-order valence-electron chi connectivity index (χ4n) is 2.12. The van der Waals surface area contributed by atoms with Crippen molar-refractivity contribution < 1.29 is 23.8 Å². The van der Waals surface area contributed by atoms with Crippen molar-refractivity contribution in [2.75, 3.05) is 33.9 Å². The van der Waals surface area contributed by atoms with Crippen LogP contribution in [0.4, 0.5) is 0 Å².